The lowest BCUT2D eigenvalue weighted by Gasteiger charge is -2.60. The van der Waals surface area contributed by atoms with Gasteiger partial charge in [0.2, 0.25) is 0 Å². The Kier molecular flexibility index (Phi) is 4.20. The van der Waals surface area contributed by atoms with Crippen LogP contribution < -0.4 is 0 Å². The Morgan fingerprint density at radius 3 is 2.72 bits per heavy atom. The molecule has 9 atom stereocenters. The molecule has 3 saturated carbocycles. The lowest BCUT2D eigenvalue weighted by atomic mass is 9.45. The van der Waals surface area contributed by atoms with Gasteiger partial charge in [0, 0.05) is 13.0 Å². The van der Waals surface area contributed by atoms with Gasteiger partial charge in [-0.15, -0.1) is 0 Å². The van der Waals surface area contributed by atoms with E-state index in [1.54, 1.807) is 0 Å². The Bertz CT molecular complexity index is 584. The summed E-state index contributed by atoms with van der Waals surface area (Å²) in [6.07, 6.45) is 9.85. The smallest absolute Gasteiger partial charge is 0.155 e. The SMILES string of the molecule is C[C@H](CO)[C@H]1CCC2C3C(CC[C@@]21C)[C@@]1(C)C=CC(=O)C[C@@H]1C[C@H]3O. The van der Waals surface area contributed by atoms with Crippen LogP contribution >= 0.6 is 0 Å². The minimum absolute atomic E-state index is 0.0693. The first-order chi connectivity index (χ1) is 11.8. The number of carbonyl (C=O) groups is 1. The maximum Gasteiger partial charge on any atom is 0.155 e. The molecule has 0 aliphatic heterocycles. The Hall–Kier alpha value is -0.670. The fraction of sp³-hybridized carbons (Fsp3) is 0.864. The highest BCUT2D eigenvalue weighted by molar-refractivity contribution is 5.91. The van der Waals surface area contributed by atoms with Gasteiger partial charge in [-0.2, -0.15) is 0 Å². The second-order valence-electron chi connectivity index (χ2n) is 10.0. The molecule has 0 spiro atoms. The number of fused-ring (bicyclic) bond motifs is 5. The third-order valence-electron chi connectivity index (χ3n) is 9.11. The quantitative estimate of drug-likeness (QED) is 0.803. The van der Waals surface area contributed by atoms with Crippen LogP contribution in [0.15, 0.2) is 12.2 Å². The molecule has 3 heteroatoms. The maximum absolute atomic E-state index is 11.9. The number of hydrogen-bond donors (Lipinski definition) is 2. The van der Waals surface area contributed by atoms with Crippen molar-refractivity contribution in [2.45, 2.75) is 65.4 Å². The number of rotatable bonds is 2. The summed E-state index contributed by atoms with van der Waals surface area (Å²) < 4.78 is 0. The summed E-state index contributed by atoms with van der Waals surface area (Å²) in [7, 11) is 0. The van der Waals surface area contributed by atoms with Crippen LogP contribution in [0.25, 0.3) is 0 Å². The Morgan fingerprint density at radius 1 is 1.24 bits per heavy atom. The first-order valence-electron chi connectivity index (χ1n) is 10.3. The van der Waals surface area contributed by atoms with Crippen molar-refractivity contribution in [1.29, 1.82) is 0 Å². The molecule has 3 nitrogen and oxygen atoms in total. The first kappa shape index (κ1) is 17.7. The van der Waals surface area contributed by atoms with E-state index in [9.17, 15) is 15.0 Å². The van der Waals surface area contributed by atoms with Crippen molar-refractivity contribution in [2.24, 2.45) is 46.3 Å². The van der Waals surface area contributed by atoms with E-state index in [0.29, 0.717) is 41.9 Å². The molecule has 0 aromatic heterocycles. The molecule has 3 fully saturated rings. The van der Waals surface area contributed by atoms with E-state index in [1.165, 1.54) is 19.3 Å². The van der Waals surface area contributed by atoms with Crippen molar-refractivity contribution >= 4 is 5.78 Å². The number of ketones is 1. The predicted molar refractivity (Wildman–Crippen MR) is 97.8 cm³/mol. The summed E-state index contributed by atoms with van der Waals surface area (Å²) in [5, 5.41) is 20.8. The van der Waals surface area contributed by atoms with Gasteiger partial charge in [-0.1, -0.05) is 26.8 Å². The average molecular weight is 347 g/mol. The fourth-order valence-electron chi connectivity index (χ4n) is 7.71. The van der Waals surface area contributed by atoms with Gasteiger partial charge < -0.3 is 10.2 Å². The highest BCUT2D eigenvalue weighted by Crippen LogP contribution is 2.67. The van der Waals surface area contributed by atoms with Crippen molar-refractivity contribution in [3.8, 4) is 0 Å². The summed E-state index contributed by atoms with van der Waals surface area (Å²) in [6, 6.07) is 0. The average Bonchev–Trinajstić information content (AvgIpc) is 2.93. The molecular weight excluding hydrogens is 312 g/mol. The number of aliphatic hydroxyl groups is 2. The molecule has 0 saturated heterocycles. The van der Waals surface area contributed by atoms with Crippen LogP contribution in [0.2, 0.25) is 0 Å². The third kappa shape index (κ3) is 2.41. The van der Waals surface area contributed by atoms with Crippen molar-refractivity contribution in [1.82, 2.24) is 0 Å². The van der Waals surface area contributed by atoms with Crippen LogP contribution in [0.5, 0.6) is 0 Å². The third-order valence-corrected chi connectivity index (χ3v) is 9.11. The van der Waals surface area contributed by atoms with Gasteiger partial charge in [0.05, 0.1) is 6.10 Å². The van der Waals surface area contributed by atoms with E-state index in [-0.39, 0.29) is 29.3 Å². The highest BCUT2D eigenvalue weighted by Gasteiger charge is 2.62. The van der Waals surface area contributed by atoms with Crippen molar-refractivity contribution in [3.63, 3.8) is 0 Å². The van der Waals surface area contributed by atoms with Crippen LogP contribution in [0, 0.1) is 46.3 Å². The van der Waals surface area contributed by atoms with Gasteiger partial charge in [0.15, 0.2) is 5.78 Å². The first-order valence-corrected chi connectivity index (χ1v) is 10.3. The second kappa shape index (κ2) is 5.92. The lowest BCUT2D eigenvalue weighted by Crippen LogP contribution is -2.57. The molecule has 0 bridgehead atoms. The maximum atomic E-state index is 11.9. The van der Waals surface area contributed by atoms with Gasteiger partial charge in [0.1, 0.15) is 0 Å². The monoisotopic (exact) mass is 346 g/mol. The number of carbonyl (C=O) groups excluding carboxylic acids is 1. The van der Waals surface area contributed by atoms with Crippen molar-refractivity contribution in [3.05, 3.63) is 12.2 Å². The van der Waals surface area contributed by atoms with E-state index in [1.807, 2.05) is 6.08 Å². The van der Waals surface area contributed by atoms with Crippen LogP contribution in [0.4, 0.5) is 0 Å². The zero-order valence-corrected chi connectivity index (χ0v) is 15.9. The van der Waals surface area contributed by atoms with Gasteiger partial charge in [-0.05, 0) is 84.5 Å². The normalized spacial score (nSPS) is 53.1. The van der Waals surface area contributed by atoms with Crippen molar-refractivity contribution < 1.29 is 15.0 Å². The molecule has 3 unspecified atom stereocenters. The summed E-state index contributed by atoms with van der Waals surface area (Å²) in [6.45, 7) is 7.23. The van der Waals surface area contributed by atoms with E-state index >= 15 is 0 Å². The van der Waals surface area contributed by atoms with Crippen LogP contribution in [0.1, 0.15) is 59.3 Å². The topological polar surface area (TPSA) is 57.5 Å². The minimum Gasteiger partial charge on any atom is -0.396 e. The number of aliphatic hydroxyl groups excluding tert-OH is 2. The molecule has 25 heavy (non-hydrogen) atoms. The molecule has 0 aromatic carbocycles. The Balaban J connectivity index is 1.68. The van der Waals surface area contributed by atoms with Gasteiger partial charge >= 0.3 is 0 Å². The highest BCUT2D eigenvalue weighted by atomic mass is 16.3. The van der Waals surface area contributed by atoms with Crippen molar-refractivity contribution in [2.75, 3.05) is 6.61 Å². The molecular formula is C22H34O3. The lowest BCUT2D eigenvalue weighted by molar-refractivity contribution is -0.147. The number of hydrogen-bond acceptors (Lipinski definition) is 3. The van der Waals surface area contributed by atoms with Crippen LogP contribution in [0.3, 0.4) is 0 Å². The standard InChI is InChI=1S/C22H34O3/c1-13(12-23)16-4-5-17-20-18(7-9-22(16,17)3)21(2)8-6-15(24)10-14(21)11-19(20)25/h6,8,13-14,16-20,23,25H,4-5,7,9-12H2,1-3H3/t13-,14-,16-,17?,18?,19-,20?,21+,22-/m1/s1. The summed E-state index contributed by atoms with van der Waals surface area (Å²) >= 11 is 0. The summed E-state index contributed by atoms with van der Waals surface area (Å²) in [4.78, 5) is 11.9. The van der Waals surface area contributed by atoms with Gasteiger partial charge in [0.25, 0.3) is 0 Å². The molecule has 140 valence electrons. The predicted octanol–water partition coefficient (Wildman–Crippen LogP) is 3.59. The molecule has 4 aliphatic carbocycles. The Morgan fingerprint density at radius 2 is 2.00 bits per heavy atom. The fourth-order valence-corrected chi connectivity index (χ4v) is 7.71. The van der Waals surface area contributed by atoms with Gasteiger partial charge in [-0.25, -0.2) is 0 Å². The zero-order chi connectivity index (χ0) is 18.0. The summed E-state index contributed by atoms with van der Waals surface area (Å²) in [5.74, 6) is 2.86. The van der Waals surface area contributed by atoms with E-state index in [2.05, 4.69) is 26.8 Å². The second-order valence-corrected chi connectivity index (χ2v) is 10.0. The minimum atomic E-state index is -0.268. The molecule has 4 rings (SSSR count). The molecule has 0 heterocycles. The largest absolute Gasteiger partial charge is 0.396 e. The van der Waals surface area contributed by atoms with E-state index in [0.717, 1.165) is 12.8 Å². The van der Waals surface area contributed by atoms with E-state index < -0.39 is 0 Å². The molecule has 2 N–H and O–H groups in total. The van der Waals surface area contributed by atoms with E-state index in [4.69, 9.17) is 0 Å². The molecule has 0 aromatic rings. The van der Waals surface area contributed by atoms with Crippen LogP contribution in [-0.2, 0) is 4.79 Å². The summed E-state index contributed by atoms with van der Waals surface area (Å²) in [5.41, 5.74) is 0.321. The van der Waals surface area contributed by atoms with Crippen LogP contribution in [-0.4, -0.2) is 28.7 Å². The number of allylic oxidation sites excluding steroid dienone is 2. The zero-order valence-electron chi connectivity index (χ0n) is 15.9. The Labute approximate surface area is 151 Å². The molecule has 0 radical (unpaired) electrons. The molecule has 0 amide bonds. The molecule has 4 aliphatic rings. The van der Waals surface area contributed by atoms with Gasteiger partial charge in [-0.3, -0.25) is 4.79 Å².